The van der Waals surface area contributed by atoms with Crippen molar-refractivity contribution in [3.05, 3.63) is 0 Å². The molecule has 2 nitrogen and oxygen atoms in total. The number of hydrogen-bond acceptors (Lipinski definition) is 2. The van der Waals surface area contributed by atoms with Gasteiger partial charge in [-0.1, -0.05) is 6.92 Å². The molecule has 3 aliphatic rings. The predicted molar refractivity (Wildman–Crippen MR) is 55.0 cm³/mol. The molecule has 3 atom stereocenters. The number of likely N-dealkylation sites (N-methyl/N-ethyl adjacent to an activating group) is 1. The molecule has 14 heavy (non-hydrogen) atoms. The lowest BCUT2D eigenvalue weighted by Gasteiger charge is -2.16. The summed E-state index contributed by atoms with van der Waals surface area (Å²) in [5, 5.41) is 0. The molecule has 0 aromatic heterocycles. The average Bonchev–Trinajstić information content (AvgIpc) is 3.04. The number of likely N-dealkylation sites (tertiary alicyclic amines) is 1. The minimum atomic E-state index is 0.240. The smallest absolute Gasteiger partial charge is 0.137 e. The van der Waals surface area contributed by atoms with Crippen molar-refractivity contribution in [1.29, 1.82) is 0 Å². The minimum absolute atomic E-state index is 0.240. The molecule has 1 saturated heterocycles. The van der Waals surface area contributed by atoms with Crippen molar-refractivity contribution < 1.29 is 4.79 Å². The molecule has 1 aliphatic heterocycles. The first-order chi connectivity index (χ1) is 6.79. The van der Waals surface area contributed by atoms with Crippen molar-refractivity contribution in [3.63, 3.8) is 0 Å². The number of carbonyl (C=O) groups excluding carboxylic acids is 1. The van der Waals surface area contributed by atoms with Gasteiger partial charge in [-0.25, -0.2) is 0 Å². The van der Waals surface area contributed by atoms with Crippen molar-refractivity contribution in [2.45, 2.75) is 38.6 Å². The van der Waals surface area contributed by atoms with Crippen LogP contribution in [0, 0.1) is 17.3 Å². The Bertz CT molecular complexity index is 261. The Labute approximate surface area is 85.7 Å². The molecule has 3 rings (SSSR count). The van der Waals surface area contributed by atoms with E-state index >= 15 is 0 Å². The number of aldehydes is 1. The fourth-order valence-electron chi connectivity index (χ4n) is 3.57. The van der Waals surface area contributed by atoms with Crippen LogP contribution in [0.1, 0.15) is 32.6 Å². The van der Waals surface area contributed by atoms with Crippen LogP contribution in [0.4, 0.5) is 0 Å². The standard InChI is InChI=1S/C12H19NO/c1-2-13-8-12(5-10(13)7-14)6-11(12)9-3-4-9/h7,9-11H,2-6,8H2,1H3/t10-,11?,12-/m0/s1. The van der Waals surface area contributed by atoms with Gasteiger partial charge >= 0.3 is 0 Å². The van der Waals surface area contributed by atoms with E-state index in [1.807, 2.05) is 0 Å². The lowest BCUT2D eigenvalue weighted by Crippen LogP contribution is -2.30. The summed E-state index contributed by atoms with van der Waals surface area (Å²) in [6, 6.07) is 0.240. The molecule has 2 heteroatoms. The van der Waals surface area contributed by atoms with Crippen LogP contribution in [0.2, 0.25) is 0 Å². The summed E-state index contributed by atoms with van der Waals surface area (Å²) >= 11 is 0. The van der Waals surface area contributed by atoms with Crippen LogP contribution in [-0.4, -0.2) is 30.3 Å². The Morgan fingerprint density at radius 3 is 2.71 bits per heavy atom. The molecular weight excluding hydrogens is 174 g/mol. The van der Waals surface area contributed by atoms with Crippen molar-refractivity contribution >= 4 is 6.29 Å². The van der Waals surface area contributed by atoms with E-state index in [-0.39, 0.29) is 6.04 Å². The third-order valence-electron chi connectivity index (χ3n) is 4.61. The van der Waals surface area contributed by atoms with Crippen molar-refractivity contribution in [2.24, 2.45) is 17.3 Å². The van der Waals surface area contributed by atoms with E-state index < -0.39 is 0 Å². The van der Waals surface area contributed by atoms with Crippen LogP contribution in [0.25, 0.3) is 0 Å². The summed E-state index contributed by atoms with van der Waals surface area (Å²) in [4.78, 5) is 13.3. The van der Waals surface area contributed by atoms with Gasteiger partial charge in [-0.05, 0) is 49.5 Å². The summed E-state index contributed by atoms with van der Waals surface area (Å²) in [5.74, 6) is 2.03. The Morgan fingerprint density at radius 1 is 1.43 bits per heavy atom. The second-order valence-electron chi connectivity index (χ2n) is 5.48. The fourth-order valence-corrected chi connectivity index (χ4v) is 3.57. The van der Waals surface area contributed by atoms with Gasteiger partial charge in [0.1, 0.15) is 6.29 Å². The lowest BCUT2D eigenvalue weighted by atomic mass is 9.98. The SMILES string of the molecule is CCN1C[C@@]2(CC2C2CC2)C[C@H]1C=O. The van der Waals surface area contributed by atoms with E-state index in [2.05, 4.69) is 11.8 Å². The zero-order valence-corrected chi connectivity index (χ0v) is 8.91. The molecule has 3 fully saturated rings. The summed E-state index contributed by atoms with van der Waals surface area (Å²) in [6.45, 7) is 4.42. The van der Waals surface area contributed by atoms with Gasteiger partial charge in [0.15, 0.2) is 0 Å². The monoisotopic (exact) mass is 193 g/mol. The Hall–Kier alpha value is -0.370. The van der Waals surface area contributed by atoms with Crippen LogP contribution in [-0.2, 0) is 4.79 Å². The molecule has 0 N–H and O–H groups in total. The third kappa shape index (κ3) is 1.16. The zero-order chi connectivity index (χ0) is 9.76. The first-order valence-corrected chi connectivity index (χ1v) is 5.98. The fraction of sp³-hybridized carbons (Fsp3) is 0.917. The van der Waals surface area contributed by atoms with E-state index in [4.69, 9.17) is 0 Å². The maximum atomic E-state index is 10.9. The van der Waals surface area contributed by atoms with Gasteiger partial charge in [-0.2, -0.15) is 0 Å². The van der Waals surface area contributed by atoms with Crippen LogP contribution >= 0.6 is 0 Å². The highest BCUT2D eigenvalue weighted by Gasteiger charge is 2.63. The minimum Gasteiger partial charge on any atom is -0.302 e. The molecule has 2 saturated carbocycles. The largest absolute Gasteiger partial charge is 0.302 e. The summed E-state index contributed by atoms with van der Waals surface area (Å²) in [7, 11) is 0. The van der Waals surface area contributed by atoms with Crippen LogP contribution in [0.3, 0.4) is 0 Å². The topological polar surface area (TPSA) is 20.3 Å². The van der Waals surface area contributed by atoms with Gasteiger partial charge in [-0.3, -0.25) is 4.90 Å². The van der Waals surface area contributed by atoms with Gasteiger partial charge in [-0.15, -0.1) is 0 Å². The van der Waals surface area contributed by atoms with E-state index in [0.717, 1.165) is 24.8 Å². The van der Waals surface area contributed by atoms with Crippen molar-refractivity contribution in [3.8, 4) is 0 Å². The summed E-state index contributed by atoms with van der Waals surface area (Å²) in [6.07, 6.45) is 6.67. The zero-order valence-electron chi connectivity index (χ0n) is 8.91. The van der Waals surface area contributed by atoms with Gasteiger partial charge in [0, 0.05) is 6.54 Å². The predicted octanol–water partition coefficient (Wildman–Crippen LogP) is 1.70. The van der Waals surface area contributed by atoms with Gasteiger partial charge in [0.25, 0.3) is 0 Å². The highest BCUT2D eigenvalue weighted by atomic mass is 16.1. The second-order valence-corrected chi connectivity index (χ2v) is 5.48. The number of rotatable bonds is 3. The summed E-state index contributed by atoms with van der Waals surface area (Å²) < 4.78 is 0. The molecule has 0 radical (unpaired) electrons. The molecule has 0 aromatic carbocycles. The molecule has 1 unspecified atom stereocenters. The summed E-state index contributed by atoms with van der Waals surface area (Å²) in [5.41, 5.74) is 0.586. The Balaban J connectivity index is 1.70. The van der Waals surface area contributed by atoms with Crippen LogP contribution < -0.4 is 0 Å². The van der Waals surface area contributed by atoms with E-state index in [9.17, 15) is 4.79 Å². The molecular formula is C12H19NO. The van der Waals surface area contributed by atoms with Crippen molar-refractivity contribution in [2.75, 3.05) is 13.1 Å². The molecule has 78 valence electrons. The van der Waals surface area contributed by atoms with Crippen LogP contribution in [0.15, 0.2) is 0 Å². The van der Waals surface area contributed by atoms with Crippen LogP contribution in [0.5, 0.6) is 0 Å². The molecule has 2 aliphatic carbocycles. The highest BCUT2D eigenvalue weighted by molar-refractivity contribution is 5.59. The first kappa shape index (κ1) is 8.90. The van der Waals surface area contributed by atoms with Gasteiger partial charge in [0.2, 0.25) is 0 Å². The normalized spacial score (nSPS) is 47.2. The number of carbonyl (C=O) groups is 1. The third-order valence-corrected chi connectivity index (χ3v) is 4.61. The Morgan fingerprint density at radius 2 is 2.21 bits per heavy atom. The van der Waals surface area contributed by atoms with E-state index in [1.165, 1.54) is 32.1 Å². The second kappa shape index (κ2) is 2.82. The molecule has 0 aromatic rings. The van der Waals surface area contributed by atoms with Crippen molar-refractivity contribution in [1.82, 2.24) is 4.90 Å². The maximum absolute atomic E-state index is 10.9. The molecule has 0 amide bonds. The lowest BCUT2D eigenvalue weighted by molar-refractivity contribution is -0.111. The average molecular weight is 193 g/mol. The molecule has 1 heterocycles. The van der Waals surface area contributed by atoms with Gasteiger partial charge < -0.3 is 4.79 Å². The Kier molecular flexibility index (Phi) is 1.79. The number of hydrogen-bond donors (Lipinski definition) is 0. The number of nitrogens with zero attached hydrogens (tertiary/aromatic N) is 1. The van der Waals surface area contributed by atoms with Gasteiger partial charge in [0.05, 0.1) is 6.04 Å². The van der Waals surface area contributed by atoms with E-state index in [1.54, 1.807) is 0 Å². The molecule has 0 bridgehead atoms. The maximum Gasteiger partial charge on any atom is 0.137 e. The first-order valence-electron chi connectivity index (χ1n) is 5.98. The quantitative estimate of drug-likeness (QED) is 0.636. The molecule has 1 spiro atoms. The highest BCUT2D eigenvalue weighted by Crippen LogP contribution is 2.67. The van der Waals surface area contributed by atoms with E-state index in [0.29, 0.717) is 5.41 Å².